The number of rotatable bonds is 6. The van der Waals surface area contributed by atoms with E-state index in [1.165, 1.54) is 24.3 Å². The third-order valence-corrected chi connectivity index (χ3v) is 3.08. The average molecular weight is 371 g/mol. The summed E-state index contributed by atoms with van der Waals surface area (Å²) in [5, 5.41) is 0.00937. The van der Waals surface area contributed by atoms with Crippen LogP contribution in [0.5, 0.6) is 11.5 Å². The number of carbonyl (C=O) groups excluding carboxylic acids is 2. The van der Waals surface area contributed by atoms with Crippen LogP contribution in [0.3, 0.4) is 0 Å². The number of halogens is 3. The van der Waals surface area contributed by atoms with E-state index in [1.807, 2.05) is 0 Å². The van der Waals surface area contributed by atoms with Crippen molar-refractivity contribution in [3.63, 3.8) is 0 Å². The summed E-state index contributed by atoms with van der Waals surface area (Å²) >= 11 is 5.74. The molecule has 0 unspecified atom stereocenters. The maximum atomic E-state index is 13.3. The van der Waals surface area contributed by atoms with Crippen LogP contribution in [0.2, 0.25) is 5.02 Å². The van der Waals surface area contributed by atoms with Gasteiger partial charge in [0.15, 0.2) is 24.8 Å². The molecule has 2 amide bonds. The van der Waals surface area contributed by atoms with Crippen molar-refractivity contribution in [3.05, 3.63) is 59.1 Å². The Bertz CT molecular complexity index is 774. The molecule has 0 aromatic heterocycles. The van der Waals surface area contributed by atoms with Gasteiger partial charge in [-0.1, -0.05) is 23.7 Å². The summed E-state index contributed by atoms with van der Waals surface area (Å²) in [7, 11) is 0. The molecule has 2 rings (SSSR count). The predicted molar refractivity (Wildman–Crippen MR) is 85.1 cm³/mol. The van der Waals surface area contributed by atoms with Gasteiger partial charge >= 0.3 is 0 Å². The lowest BCUT2D eigenvalue weighted by Gasteiger charge is -2.10. The average Bonchev–Trinajstić information content (AvgIpc) is 2.58. The third kappa shape index (κ3) is 5.92. The minimum absolute atomic E-state index is 0.00937. The Labute approximate surface area is 146 Å². The summed E-state index contributed by atoms with van der Waals surface area (Å²) in [4.78, 5) is 23.1. The zero-order chi connectivity index (χ0) is 18.2. The van der Waals surface area contributed by atoms with Crippen LogP contribution in [0, 0.1) is 11.6 Å². The lowest BCUT2D eigenvalue weighted by Crippen LogP contribution is -2.45. The number of hydrogen-bond donors (Lipinski definition) is 2. The van der Waals surface area contributed by atoms with Gasteiger partial charge in [0.05, 0.1) is 5.02 Å². The number of para-hydroxylation sites is 1. The molecule has 0 fully saturated rings. The maximum Gasteiger partial charge on any atom is 0.276 e. The molecule has 6 nitrogen and oxygen atoms in total. The highest BCUT2D eigenvalue weighted by Gasteiger charge is 2.09. The fourth-order valence-corrected chi connectivity index (χ4v) is 1.87. The molecule has 132 valence electrons. The molecule has 25 heavy (non-hydrogen) atoms. The van der Waals surface area contributed by atoms with Crippen LogP contribution in [0.4, 0.5) is 8.78 Å². The van der Waals surface area contributed by atoms with Crippen molar-refractivity contribution in [2.75, 3.05) is 13.2 Å². The van der Waals surface area contributed by atoms with E-state index in [9.17, 15) is 18.4 Å². The molecule has 0 radical (unpaired) electrons. The van der Waals surface area contributed by atoms with Crippen molar-refractivity contribution in [1.29, 1.82) is 0 Å². The molecular weight excluding hydrogens is 358 g/mol. The summed E-state index contributed by atoms with van der Waals surface area (Å²) in [6, 6.07) is 9.02. The van der Waals surface area contributed by atoms with Gasteiger partial charge in [0.25, 0.3) is 11.8 Å². The number of carbonyl (C=O) groups is 2. The number of hydrogen-bond acceptors (Lipinski definition) is 4. The molecule has 0 heterocycles. The minimum Gasteiger partial charge on any atom is -0.482 e. The van der Waals surface area contributed by atoms with Crippen LogP contribution in [0.25, 0.3) is 0 Å². The fourth-order valence-electron chi connectivity index (χ4n) is 1.65. The van der Waals surface area contributed by atoms with E-state index in [1.54, 1.807) is 6.07 Å². The van der Waals surface area contributed by atoms with Crippen molar-refractivity contribution >= 4 is 23.4 Å². The van der Waals surface area contributed by atoms with Gasteiger partial charge in [0.1, 0.15) is 11.6 Å². The highest BCUT2D eigenvalue weighted by Crippen LogP contribution is 2.24. The van der Waals surface area contributed by atoms with Gasteiger partial charge in [0, 0.05) is 0 Å². The van der Waals surface area contributed by atoms with E-state index in [0.717, 1.165) is 12.1 Å². The van der Waals surface area contributed by atoms with E-state index in [2.05, 4.69) is 10.9 Å². The van der Waals surface area contributed by atoms with Crippen molar-refractivity contribution in [1.82, 2.24) is 10.9 Å². The SMILES string of the molecule is O=C(COc1ccccc1F)NNC(=O)COc1ccc(F)cc1Cl. The van der Waals surface area contributed by atoms with Crippen molar-refractivity contribution in [2.24, 2.45) is 0 Å². The number of nitrogens with one attached hydrogen (secondary N) is 2. The number of hydrazine groups is 1. The molecule has 0 atom stereocenters. The van der Waals surface area contributed by atoms with Gasteiger partial charge in [-0.25, -0.2) is 8.78 Å². The monoisotopic (exact) mass is 370 g/mol. The molecule has 2 aromatic rings. The summed E-state index contributed by atoms with van der Waals surface area (Å²) < 4.78 is 36.2. The number of benzene rings is 2. The molecule has 9 heteroatoms. The second-order valence-corrected chi connectivity index (χ2v) is 5.09. The van der Waals surface area contributed by atoms with Crippen molar-refractivity contribution in [3.8, 4) is 11.5 Å². The van der Waals surface area contributed by atoms with Crippen LogP contribution < -0.4 is 20.3 Å². The molecule has 0 aliphatic rings. The molecular formula is C16H13ClF2N2O4. The molecule has 2 aromatic carbocycles. The van der Waals surface area contributed by atoms with Crippen LogP contribution in [-0.2, 0) is 9.59 Å². The smallest absolute Gasteiger partial charge is 0.276 e. The summed E-state index contributed by atoms with van der Waals surface area (Å²) in [6.07, 6.45) is 0. The van der Waals surface area contributed by atoms with E-state index in [4.69, 9.17) is 21.1 Å². The first kappa shape index (κ1) is 18.5. The molecule has 0 bridgehead atoms. The first-order valence-corrected chi connectivity index (χ1v) is 7.36. The number of amides is 2. The Morgan fingerprint density at radius 1 is 0.920 bits per heavy atom. The van der Waals surface area contributed by atoms with E-state index < -0.39 is 36.7 Å². The molecule has 0 spiro atoms. The normalized spacial score (nSPS) is 10.0. The third-order valence-electron chi connectivity index (χ3n) is 2.79. The zero-order valence-electron chi connectivity index (χ0n) is 12.7. The Hall–Kier alpha value is -2.87. The molecule has 0 aliphatic heterocycles. The topological polar surface area (TPSA) is 76.7 Å². The van der Waals surface area contributed by atoms with Crippen molar-refractivity contribution < 1.29 is 27.8 Å². The first-order chi connectivity index (χ1) is 12.0. The Kier molecular flexibility index (Phi) is 6.53. The lowest BCUT2D eigenvalue weighted by molar-refractivity contribution is -0.131. The van der Waals surface area contributed by atoms with Gasteiger partial charge in [-0.15, -0.1) is 0 Å². The minimum atomic E-state index is -0.698. The van der Waals surface area contributed by atoms with E-state index in [-0.39, 0.29) is 16.5 Å². The second-order valence-electron chi connectivity index (χ2n) is 4.68. The van der Waals surface area contributed by atoms with Crippen LogP contribution in [0.15, 0.2) is 42.5 Å². The summed E-state index contributed by atoms with van der Waals surface area (Å²) in [5.74, 6) is -2.49. The highest BCUT2D eigenvalue weighted by atomic mass is 35.5. The highest BCUT2D eigenvalue weighted by molar-refractivity contribution is 6.32. The molecule has 0 aliphatic carbocycles. The van der Waals surface area contributed by atoms with Crippen LogP contribution in [-0.4, -0.2) is 25.0 Å². The Morgan fingerprint density at radius 3 is 2.12 bits per heavy atom. The van der Waals surface area contributed by atoms with Gasteiger partial charge in [-0.05, 0) is 30.3 Å². The summed E-state index contributed by atoms with van der Waals surface area (Å²) in [6.45, 7) is -0.953. The molecule has 0 saturated heterocycles. The summed E-state index contributed by atoms with van der Waals surface area (Å²) in [5.41, 5.74) is 4.15. The molecule has 2 N–H and O–H groups in total. The lowest BCUT2D eigenvalue weighted by atomic mass is 10.3. The van der Waals surface area contributed by atoms with E-state index >= 15 is 0 Å². The Balaban J connectivity index is 1.70. The number of ether oxygens (including phenoxy) is 2. The molecule has 0 saturated carbocycles. The van der Waals surface area contributed by atoms with Crippen LogP contribution in [0.1, 0.15) is 0 Å². The van der Waals surface area contributed by atoms with Crippen LogP contribution >= 0.6 is 11.6 Å². The van der Waals surface area contributed by atoms with Gasteiger partial charge < -0.3 is 9.47 Å². The maximum absolute atomic E-state index is 13.3. The standard InChI is InChI=1S/C16H13ClF2N2O4/c17-11-7-10(18)5-6-13(11)24-8-15(22)20-21-16(23)9-25-14-4-2-1-3-12(14)19/h1-7H,8-9H2,(H,20,22)(H,21,23). The van der Waals surface area contributed by atoms with Crippen molar-refractivity contribution in [2.45, 2.75) is 0 Å². The second kappa shape index (κ2) is 8.84. The Morgan fingerprint density at radius 2 is 1.52 bits per heavy atom. The van der Waals surface area contributed by atoms with Gasteiger partial charge in [0.2, 0.25) is 0 Å². The van der Waals surface area contributed by atoms with E-state index in [0.29, 0.717) is 0 Å². The van der Waals surface area contributed by atoms with Gasteiger partial charge in [-0.3, -0.25) is 20.4 Å². The quantitative estimate of drug-likeness (QED) is 0.764. The predicted octanol–water partition coefficient (Wildman–Crippen LogP) is 2.22. The zero-order valence-corrected chi connectivity index (χ0v) is 13.5. The fraction of sp³-hybridized carbons (Fsp3) is 0.125. The largest absolute Gasteiger partial charge is 0.482 e. The first-order valence-electron chi connectivity index (χ1n) is 6.98. The van der Waals surface area contributed by atoms with Gasteiger partial charge in [-0.2, -0.15) is 0 Å².